The van der Waals surface area contributed by atoms with E-state index in [9.17, 15) is 33.6 Å². The molecule has 3 atom stereocenters. The van der Waals surface area contributed by atoms with Crippen molar-refractivity contribution >= 4 is 41.5 Å². The third kappa shape index (κ3) is 10.9. The summed E-state index contributed by atoms with van der Waals surface area (Å²) in [7, 11) is 0. The molecule has 0 aliphatic carbocycles. The number of nitrogens with two attached hydrogens (primary N) is 2. The van der Waals surface area contributed by atoms with Gasteiger partial charge < -0.3 is 42.7 Å². The number of carboxylic acid groups (broad SMARTS) is 3. The maximum atomic E-state index is 12.3. The van der Waals surface area contributed by atoms with Gasteiger partial charge in [0.2, 0.25) is 23.6 Å². The standard InChI is InChI=1S/C14H21N5O10/c15-5(1-9(21)22)12(27)18-6(2-8(16)20)14(29)19-7(3-10(23)24)13(28)17-4-11(25)26/h5-7H,1-4,15H2,(H2,16,20)(H,17,28)(H,18,27)(H,19,29)(H,21,22)(H,23,24)(H,25,26). The number of aliphatic carboxylic acids is 3. The van der Waals surface area contributed by atoms with Crippen LogP contribution in [0.3, 0.4) is 0 Å². The molecule has 29 heavy (non-hydrogen) atoms. The second kappa shape index (κ2) is 11.9. The van der Waals surface area contributed by atoms with E-state index in [4.69, 9.17) is 26.8 Å². The molecule has 4 amide bonds. The fourth-order valence-corrected chi connectivity index (χ4v) is 1.91. The maximum absolute atomic E-state index is 12.3. The Kier molecular flexibility index (Phi) is 10.3. The van der Waals surface area contributed by atoms with Crippen LogP contribution < -0.4 is 27.4 Å². The summed E-state index contributed by atoms with van der Waals surface area (Å²) < 4.78 is 0. The summed E-state index contributed by atoms with van der Waals surface area (Å²) in [6, 6.07) is -4.99. The monoisotopic (exact) mass is 419 g/mol. The summed E-state index contributed by atoms with van der Waals surface area (Å²) >= 11 is 0. The molecule has 0 aliphatic heterocycles. The van der Waals surface area contributed by atoms with Crippen molar-refractivity contribution in [2.45, 2.75) is 37.4 Å². The fourth-order valence-electron chi connectivity index (χ4n) is 1.91. The molecule has 0 bridgehead atoms. The summed E-state index contributed by atoms with van der Waals surface area (Å²) in [6.07, 6.45) is -2.49. The Hall–Kier alpha value is -3.75. The van der Waals surface area contributed by atoms with Crippen molar-refractivity contribution in [1.82, 2.24) is 16.0 Å². The van der Waals surface area contributed by atoms with Crippen molar-refractivity contribution in [3.8, 4) is 0 Å². The fraction of sp³-hybridized carbons (Fsp3) is 0.500. The van der Waals surface area contributed by atoms with Crippen LogP contribution in [0.25, 0.3) is 0 Å². The molecule has 0 heterocycles. The highest BCUT2D eigenvalue weighted by Gasteiger charge is 2.30. The lowest BCUT2D eigenvalue weighted by atomic mass is 10.1. The maximum Gasteiger partial charge on any atom is 0.322 e. The van der Waals surface area contributed by atoms with Crippen LogP contribution in [0.15, 0.2) is 0 Å². The van der Waals surface area contributed by atoms with Crippen molar-refractivity contribution in [3.05, 3.63) is 0 Å². The predicted octanol–water partition coefficient (Wildman–Crippen LogP) is -4.69. The van der Waals surface area contributed by atoms with Crippen LogP contribution in [-0.4, -0.2) is 81.5 Å². The lowest BCUT2D eigenvalue weighted by Gasteiger charge is -2.22. The summed E-state index contributed by atoms with van der Waals surface area (Å²) in [5, 5.41) is 31.8. The molecule has 10 N–H and O–H groups in total. The summed E-state index contributed by atoms with van der Waals surface area (Å²) in [6.45, 7) is -0.851. The number of primary amides is 1. The third-order valence-corrected chi connectivity index (χ3v) is 3.20. The largest absolute Gasteiger partial charge is 0.481 e. The average molecular weight is 419 g/mol. The first-order valence-corrected chi connectivity index (χ1v) is 7.91. The van der Waals surface area contributed by atoms with Crippen LogP contribution in [0.4, 0.5) is 0 Å². The summed E-state index contributed by atoms with van der Waals surface area (Å²) in [5.74, 6) is -8.85. The van der Waals surface area contributed by atoms with Crippen LogP contribution in [0, 0.1) is 0 Å². The molecular weight excluding hydrogens is 398 g/mol. The quantitative estimate of drug-likeness (QED) is 0.140. The first-order valence-electron chi connectivity index (χ1n) is 7.91. The lowest BCUT2D eigenvalue weighted by molar-refractivity contribution is -0.142. The molecule has 15 nitrogen and oxygen atoms in total. The van der Waals surface area contributed by atoms with Crippen LogP contribution in [0.2, 0.25) is 0 Å². The zero-order valence-corrected chi connectivity index (χ0v) is 14.9. The van der Waals surface area contributed by atoms with Gasteiger partial charge in [-0.3, -0.25) is 33.6 Å². The van der Waals surface area contributed by atoms with Gasteiger partial charge in [0.05, 0.1) is 25.3 Å². The highest BCUT2D eigenvalue weighted by molar-refractivity contribution is 5.97. The van der Waals surface area contributed by atoms with E-state index in [-0.39, 0.29) is 0 Å². The van der Waals surface area contributed by atoms with E-state index in [1.807, 2.05) is 16.0 Å². The predicted molar refractivity (Wildman–Crippen MR) is 90.8 cm³/mol. The Bertz CT molecular complexity index is 694. The first-order chi connectivity index (χ1) is 13.3. The molecule has 0 aromatic carbocycles. The first kappa shape index (κ1) is 25.2. The molecule has 0 saturated carbocycles. The van der Waals surface area contributed by atoms with Gasteiger partial charge in [-0.15, -0.1) is 0 Å². The molecule has 0 rings (SSSR count). The smallest absolute Gasteiger partial charge is 0.322 e. The zero-order chi connectivity index (χ0) is 22.7. The molecule has 0 aliphatic rings. The van der Waals surface area contributed by atoms with Crippen molar-refractivity contribution < 1.29 is 48.9 Å². The Morgan fingerprint density at radius 3 is 1.62 bits per heavy atom. The van der Waals surface area contributed by atoms with Crippen molar-refractivity contribution in [1.29, 1.82) is 0 Å². The normalized spacial score (nSPS) is 13.3. The van der Waals surface area contributed by atoms with Gasteiger partial charge in [-0.2, -0.15) is 0 Å². The molecule has 3 unspecified atom stereocenters. The van der Waals surface area contributed by atoms with E-state index in [2.05, 4.69) is 0 Å². The topological polar surface area (TPSA) is 268 Å². The molecule has 0 spiro atoms. The van der Waals surface area contributed by atoms with Gasteiger partial charge in [0.25, 0.3) is 0 Å². The third-order valence-electron chi connectivity index (χ3n) is 3.20. The molecule has 0 aromatic rings. The minimum atomic E-state index is -1.74. The number of hydrogen-bond donors (Lipinski definition) is 8. The van der Waals surface area contributed by atoms with E-state index in [0.717, 1.165) is 0 Å². The molecule has 0 saturated heterocycles. The van der Waals surface area contributed by atoms with E-state index in [1.54, 1.807) is 0 Å². The van der Waals surface area contributed by atoms with Crippen LogP contribution >= 0.6 is 0 Å². The highest BCUT2D eigenvalue weighted by Crippen LogP contribution is 2.00. The minimum Gasteiger partial charge on any atom is -0.481 e. The molecule has 162 valence electrons. The van der Waals surface area contributed by atoms with Crippen molar-refractivity contribution in [3.63, 3.8) is 0 Å². The van der Waals surface area contributed by atoms with E-state index in [0.29, 0.717) is 0 Å². The molecule has 15 heteroatoms. The van der Waals surface area contributed by atoms with Crippen LogP contribution in [0.5, 0.6) is 0 Å². The number of hydrogen-bond acceptors (Lipinski definition) is 8. The molecule has 0 aromatic heterocycles. The van der Waals surface area contributed by atoms with Gasteiger partial charge in [-0.25, -0.2) is 0 Å². The Labute approximate surface area is 162 Å². The van der Waals surface area contributed by atoms with Gasteiger partial charge >= 0.3 is 17.9 Å². The van der Waals surface area contributed by atoms with Gasteiger partial charge in [0, 0.05) is 0 Å². The Morgan fingerprint density at radius 2 is 1.17 bits per heavy atom. The van der Waals surface area contributed by atoms with Gasteiger partial charge in [-0.05, 0) is 0 Å². The van der Waals surface area contributed by atoms with E-state index >= 15 is 0 Å². The molecular formula is C14H21N5O10. The van der Waals surface area contributed by atoms with Crippen molar-refractivity contribution in [2.24, 2.45) is 11.5 Å². The number of carboxylic acids is 3. The van der Waals surface area contributed by atoms with Gasteiger partial charge in [-0.1, -0.05) is 0 Å². The number of carbonyl (C=O) groups is 7. The van der Waals surface area contributed by atoms with Crippen LogP contribution in [-0.2, 0) is 33.6 Å². The van der Waals surface area contributed by atoms with E-state index < -0.39 is 85.5 Å². The highest BCUT2D eigenvalue weighted by atomic mass is 16.4. The number of amides is 4. The second-order valence-corrected chi connectivity index (χ2v) is 5.71. The van der Waals surface area contributed by atoms with Gasteiger partial charge in [0.1, 0.15) is 18.6 Å². The number of rotatable bonds is 13. The number of nitrogens with one attached hydrogen (secondary N) is 3. The summed E-state index contributed by atoms with van der Waals surface area (Å²) in [5.41, 5.74) is 10.3. The van der Waals surface area contributed by atoms with Crippen molar-refractivity contribution in [2.75, 3.05) is 6.54 Å². The SMILES string of the molecule is NC(=O)CC(NC(=O)C(N)CC(=O)O)C(=O)NC(CC(=O)O)C(=O)NCC(=O)O. The molecule has 0 radical (unpaired) electrons. The number of carbonyl (C=O) groups excluding carboxylic acids is 4. The second-order valence-electron chi connectivity index (χ2n) is 5.71. The van der Waals surface area contributed by atoms with Gasteiger partial charge in [0.15, 0.2) is 0 Å². The Balaban J connectivity index is 5.30. The zero-order valence-electron chi connectivity index (χ0n) is 14.9. The lowest BCUT2D eigenvalue weighted by Crippen LogP contribution is -2.57. The van der Waals surface area contributed by atoms with Crippen LogP contribution in [0.1, 0.15) is 19.3 Å². The summed E-state index contributed by atoms with van der Waals surface area (Å²) in [4.78, 5) is 79.2. The minimum absolute atomic E-state index is 0.770. The van der Waals surface area contributed by atoms with E-state index in [1.165, 1.54) is 0 Å². The molecule has 0 fully saturated rings. The average Bonchev–Trinajstić information content (AvgIpc) is 2.56. The Morgan fingerprint density at radius 1 is 0.690 bits per heavy atom.